The van der Waals surface area contributed by atoms with E-state index in [2.05, 4.69) is 4.98 Å². The number of aromatic nitrogens is 2. The van der Waals surface area contributed by atoms with Crippen molar-refractivity contribution in [2.45, 2.75) is 20.5 Å². The number of rotatable bonds is 1. The fraction of sp³-hybridized carbons (Fsp3) is 0.364. The molecule has 1 aromatic carbocycles. The van der Waals surface area contributed by atoms with E-state index < -0.39 is 0 Å². The number of hydrogen-bond donors (Lipinski definition) is 1. The van der Waals surface area contributed by atoms with Crippen LogP contribution >= 0.6 is 0 Å². The first-order valence-electron chi connectivity index (χ1n) is 4.84. The van der Waals surface area contributed by atoms with E-state index in [1.165, 1.54) is 0 Å². The number of hydrogen-bond acceptors (Lipinski definition) is 2. The van der Waals surface area contributed by atoms with Gasteiger partial charge in [-0.05, 0) is 12.1 Å². The predicted molar refractivity (Wildman–Crippen MR) is 58.0 cm³/mol. The average Bonchev–Trinajstić information content (AvgIpc) is 2.59. The molecule has 0 unspecified atom stereocenters. The molecule has 0 saturated heterocycles. The molecule has 2 aromatic rings. The molecular weight excluding hydrogens is 176 g/mol. The van der Waals surface area contributed by atoms with E-state index in [0.717, 1.165) is 11.0 Å². The first kappa shape index (κ1) is 10.7. The molecule has 76 valence electrons. The quantitative estimate of drug-likeness (QED) is 0.751. The highest BCUT2D eigenvalue weighted by atomic mass is 16.3. The van der Waals surface area contributed by atoms with Gasteiger partial charge in [0.2, 0.25) is 0 Å². The van der Waals surface area contributed by atoms with E-state index >= 15 is 0 Å². The van der Waals surface area contributed by atoms with Crippen LogP contribution in [0, 0.1) is 0 Å². The summed E-state index contributed by atoms with van der Waals surface area (Å²) >= 11 is 0. The van der Waals surface area contributed by atoms with Crippen molar-refractivity contribution in [2.75, 3.05) is 0 Å². The third-order valence-corrected chi connectivity index (χ3v) is 2.02. The highest BCUT2D eigenvalue weighted by Gasteiger charge is 2.03. The molecule has 0 radical (unpaired) electrons. The van der Waals surface area contributed by atoms with Gasteiger partial charge in [0.1, 0.15) is 12.4 Å². The van der Waals surface area contributed by atoms with Crippen molar-refractivity contribution in [1.29, 1.82) is 0 Å². The minimum atomic E-state index is -0.00875. The van der Waals surface area contributed by atoms with Gasteiger partial charge in [0.25, 0.3) is 0 Å². The molecule has 1 aromatic heterocycles. The molecule has 0 amide bonds. The second-order valence-corrected chi connectivity index (χ2v) is 2.73. The lowest BCUT2D eigenvalue weighted by Gasteiger charge is -1.96. The summed E-state index contributed by atoms with van der Waals surface area (Å²) in [6, 6.07) is 7.83. The lowest BCUT2D eigenvalue weighted by molar-refractivity contribution is 0.268. The van der Waals surface area contributed by atoms with Crippen LogP contribution in [-0.2, 0) is 13.7 Å². The summed E-state index contributed by atoms with van der Waals surface area (Å²) in [6.45, 7) is 3.99. The second kappa shape index (κ2) is 4.77. The molecule has 1 N–H and O–H groups in total. The van der Waals surface area contributed by atoms with Crippen molar-refractivity contribution >= 4 is 11.0 Å². The molecule has 0 fully saturated rings. The Kier molecular flexibility index (Phi) is 3.65. The van der Waals surface area contributed by atoms with Crippen LogP contribution in [0.4, 0.5) is 0 Å². The highest BCUT2D eigenvalue weighted by Crippen LogP contribution is 2.13. The van der Waals surface area contributed by atoms with Crippen LogP contribution in [0.3, 0.4) is 0 Å². The van der Waals surface area contributed by atoms with Crippen molar-refractivity contribution < 1.29 is 5.11 Å². The van der Waals surface area contributed by atoms with Gasteiger partial charge in [-0.25, -0.2) is 4.98 Å². The Morgan fingerprint density at radius 3 is 2.50 bits per heavy atom. The van der Waals surface area contributed by atoms with Crippen LogP contribution in [0.15, 0.2) is 24.3 Å². The summed E-state index contributed by atoms with van der Waals surface area (Å²) in [4.78, 5) is 4.24. The third-order valence-electron chi connectivity index (χ3n) is 2.02. The summed E-state index contributed by atoms with van der Waals surface area (Å²) < 4.78 is 1.90. The Morgan fingerprint density at radius 1 is 1.29 bits per heavy atom. The monoisotopic (exact) mass is 192 g/mol. The molecular formula is C11H16N2O. The smallest absolute Gasteiger partial charge is 0.135 e. The normalized spacial score (nSPS) is 9.71. The molecule has 0 aliphatic heterocycles. The van der Waals surface area contributed by atoms with Gasteiger partial charge in [-0.2, -0.15) is 0 Å². The maximum atomic E-state index is 8.94. The van der Waals surface area contributed by atoms with E-state index in [1.54, 1.807) is 0 Å². The van der Waals surface area contributed by atoms with Gasteiger partial charge in [-0.1, -0.05) is 26.0 Å². The lowest BCUT2D eigenvalue weighted by Crippen LogP contribution is -1.96. The maximum Gasteiger partial charge on any atom is 0.135 e. The van der Waals surface area contributed by atoms with E-state index in [9.17, 15) is 0 Å². The third kappa shape index (κ3) is 1.77. The van der Waals surface area contributed by atoms with Crippen molar-refractivity contribution in [3.8, 4) is 0 Å². The molecule has 0 spiro atoms. The molecule has 2 rings (SSSR count). The standard InChI is InChI=1S/C9H10N2O.C2H6/c1-11-8-5-3-2-4-7(8)10-9(11)6-12;1-2/h2-5,12H,6H2,1H3;1-2H3. The van der Waals surface area contributed by atoms with Crippen molar-refractivity contribution in [2.24, 2.45) is 7.05 Å². The number of fused-ring (bicyclic) bond motifs is 1. The molecule has 0 aliphatic carbocycles. The number of nitrogens with zero attached hydrogens (tertiary/aromatic N) is 2. The van der Waals surface area contributed by atoms with Crippen LogP contribution in [0.1, 0.15) is 19.7 Å². The fourth-order valence-corrected chi connectivity index (χ4v) is 1.34. The zero-order valence-electron chi connectivity index (χ0n) is 8.86. The minimum Gasteiger partial charge on any atom is -0.388 e. The summed E-state index contributed by atoms with van der Waals surface area (Å²) in [5.41, 5.74) is 1.99. The zero-order valence-corrected chi connectivity index (χ0v) is 8.86. The van der Waals surface area contributed by atoms with E-state index in [1.807, 2.05) is 49.7 Å². The van der Waals surface area contributed by atoms with Gasteiger partial charge in [0.05, 0.1) is 11.0 Å². The maximum absolute atomic E-state index is 8.94. The molecule has 14 heavy (non-hydrogen) atoms. The SMILES string of the molecule is CC.Cn1c(CO)nc2ccccc21. The van der Waals surface area contributed by atoms with Gasteiger partial charge in [0.15, 0.2) is 0 Å². The van der Waals surface area contributed by atoms with Crippen molar-refractivity contribution in [3.63, 3.8) is 0 Å². The predicted octanol–water partition coefficient (Wildman–Crippen LogP) is 2.09. The number of imidazole rings is 1. The highest BCUT2D eigenvalue weighted by molar-refractivity contribution is 5.75. The minimum absolute atomic E-state index is 0.00875. The van der Waals surface area contributed by atoms with Gasteiger partial charge >= 0.3 is 0 Å². The van der Waals surface area contributed by atoms with Crippen molar-refractivity contribution in [1.82, 2.24) is 9.55 Å². The molecule has 1 heterocycles. The van der Waals surface area contributed by atoms with Gasteiger partial charge in [-0.3, -0.25) is 0 Å². The van der Waals surface area contributed by atoms with Crippen LogP contribution in [0.5, 0.6) is 0 Å². The summed E-state index contributed by atoms with van der Waals surface area (Å²) in [7, 11) is 1.90. The zero-order chi connectivity index (χ0) is 10.6. The van der Waals surface area contributed by atoms with Crippen LogP contribution in [0.25, 0.3) is 11.0 Å². The van der Waals surface area contributed by atoms with Gasteiger partial charge in [0, 0.05) is 7.05 Å². The largest absolute Gasteiger partial charge is 0.388 e. The summed E-state index contributed by atoms with van der Waals surface area (Å²) in [5.74, 6) is 0.705. The second-order valence-electron chi connectivity index (χ2n) is 2.73. The molecule has 3 heteroatoms. The van der Waals surface area contributed by atoms with E-state index in [-0.39, 0.29) is 6.61 Å². The Bertz CT molecular complexity index is 407. The number of aliphatic hydroxyl groups excluding tert-OH is 1. The Morgan fingerprint density at radius 2 is 1.93 bits per heavy atom. The topological polar surface area (TPSA) is 38.0 Å². The molecule has 0 atom stereocenters. The van der Waals surface area contributed by atoms with Crippen LogP contribution in [-0.4, -0.2) is 14.7 Å². The first-order valence-corrected chi connectivity index (χ1v) is 4.84. The molecule has 0 saturated carbocycles. The van der Waals surface area contributed by atoms with Gasteiger partial charge < -0.3 is 9.67 Å². The molecule has 0 bridgehead atoms. The van der Waals surface area contributed by atoms with Gasteiger partial charge in [-0.15, -0.1) is 0 Å². The summed E-state index contributed by atoms with van der Waals surface area (Å²) in [5, 5.41) is 8.94. The number of benzene rings is 1. The van der Waals surface area contributed by atoms with Crippen LogP contribution in [0.2, 0.25) is 0 Å². The number of para-hydroxylation sites is 2. The van der Waals surface area contributed by atoms with E-state index in [0.29, 0.717) is 5.82 Å². The Balaban J connectivity index is 0.000000461. The lowest BCUT2D eigenvalue weighted by atomic mass is 10.3. The van der Waals surface area contributed by atoms with Crippen molar-refractivity contribution in [3.05, 3.63) is 30.1 Å². The molecule has 0 aliphatic rings. The number of aryl methyl sites for hydroxylation is 1. The average molecular weight is 192 g/mol. The number of aliphatic hydroxyl groups is 1. The molecule has 3 nitrogen and oxygen atoms in total. The Labute approximate surface area is 84.0 Å². The Hall–Kier alpha value is -1.35. The fourth-order valence-electron chi connectivity index (χ4n) is 1.34. The summed E-state index contributed by atoms with van der Waals surface area (Å²) in [6.07, 6.45) is 0. The van der Waals surface area contributed by atoms with Crippen LogP contribution < -0.4 is 0 Å². The first-order chi connectivity index (χ1) is 6.83. The van der Waals surface area contributed by atoms with E-state index in [4.69, 9.17) is 5.11 Å².